The molecule has 0 radical (unpaired) electrons. The molecule has 4 rings (SSSR count). The Hall–Kier alpha value is -4.98. The van der Waals surface area contributed by atoms with Gasteiger partial charge in [0.25, 0.3) is 0 Å². The molecule has 0 aliphatic heterocycles. The molecule has 0 spiro atoms. The van der Waals surface area contributed by atoms with Gasteiger partial charge < -0.3 is 20.1 Å². The van der Waals surface area contributed by atoms with Crippen LogP contribution in [0.2, 0.25) is 0 Å². The molecule has 42 heavy (non-hydrogen) atoms. The monoisotopic (exact) mass is 568 g/mol. The minimum Gasteiger partial charge on any atom is -0.492 e. The highest BCUT2D eigenvalue weighted by Crippen LogP contribution is 2.22. The molecule has 0 aromatic heterocycles. The molecule has 7 nitrogen and oxygen atoms in total. The summed E-state index contributed by atoms with van der Waals surface area (Å²) in [5.74, 6) is -0.428. The normalized spacial score (nSPS) is 11.3. The van der Waals surface area contributed by atoms with Crippen LogP contribution < -0.4 is 15.4 Å². The summed E-state index contributed by atoms with van der Waals surface area (Å²) in [5, 5.41) is 6.00. The highest BCUT2D eigenvalue weighted by molar-refractivity contribution is 6.12. The van der Waals surface area contributed by atoms with E-state index in [1.165, 1.54) is 19.2 Å². The van der Waals surface area contributed by atoms with Crippen molar-refractivity contribution >= 4 is 23.3 Å². The highest BCUT2D eigenvalue weighted by atomic mass is 19.1. The molecule has 0 saturated heterocycles. The fourth-order valence-corrected chi connectivity index (χ4v) is 4.43. The van der Waals surface area contributed by atoms with Gasteiger partial charge in [-0.1, -0.05) is 66.7 Å². The molecule has 0 unspecified atom stereocenters. The largest absolute Gasteiger partial charge is 0.492 e. The lowest BCUT2D eigenvalue weighted by Crippen LogP contribution is -2.33. The second-order valence-corrected chi connectivity index (χ2v) is 9.64. The number of anilines is 1. The molecule has 0 aliphatic rings. The van der Waals surface area contributed by atoms with Crippen LogP contribution in [-0.2, 0) is 27.2 Å². The van der Waals surface area contributed by atoms with Crippen molar-refractivity contribution in [3.63, 3.8) is 0 Å². The molecule has 4 aromatic carbocycles. The van der Waals surface area contributed by atoms with Gasteiger partial charge >= 0.3 is 5.97 Å². The number of para-hydroxylation sites is 1. The summed E-state index contributed by atoms with van der Waals surface area (Å²) in [6.45, 7) is 0.614. The summed E-state index contributed by atoms with van der Waals surface area (Å²) >= 11 is 0. The molecule has 0 fully saturated rings. The number of ether oxygens (including phenoxy) is 2. The Morgan fingerprint density at radius 3 is 2.31 bits per heavy atom. The van der Waals surface area contributed by atoms with E-state index in [1.54, 1.807) is 72.8 Å². The first-order chi connectivity index (χ1) is 20.4. The maximum absolute atomic E-state index is 13.3. The Morgan fingerprint density at radius 2 is 1.57 bits per heavy atom. The van der Waals surface area contributed by atoms with Crippen molar-refractivity contribution < 1.29 is 28.2 Å². The fraction of sp³-hybridized carbons (Fsp3) is 0.206. The fourth-order valence-electron chi connectivity index (χ4n) is 4.43. The Labute approximate surface area is 244 Å². The van der Waals surface area contributed by atoms with Crippen LogP contribution in [0.3, 0.4) is 0 Å². The molecule has 0 heterocycles. The number of esters is 1. The van der Waals surface area contributed by atoms with Gasteiger partial charge in [0.15, 0.2) is 5.78 Å². The number of halogens is 1. The number of ketones is 1. The number of amides is 1. The molecule has 216 valence electrons. The second kappa shape index (κ2) is 15.1. The van der Waals surface area contributed by atoms with Crippen molar-refractivity contribution in [2.45, 2.75) is 25.3 Å². The topological polar surface area (TPSA) is 93.7 Å². The van der Waals surface area contributed by atoms with Crippen LogP contribution in [0.4, 0.5) is 10.1 Å². The van der Waals surface area contributed by atoms with Gasteiger partial charge in [0, 0.05) is 29.7 Å². The summed E-state index contributed by atoms with van der Waals surface area (Å²) in [5.41, 5.74) is 3.20. The Balaban J connectivity index is 1.29. The molecule has 0 aliphatic carbocycles. The predicted octanol–water partition coefficient (Wildman–Crippen LogP) is 5.38. The SMILES string of the molecule is COC(=O)[C@H](Cc1ccc(OCCNC(=O)CCc2cccc(F)c2)cc1)Nc1ccccc1C(=O)c1ccccc1. The predicted molar refractivity (Wildman–Crippen MR) is 159 cm³/mol. The van der Waals surface area contributed by atoms with Gasteiger partial charge in [-0.15, -0.1) is 0 Å². The van der Waals surface area contributed by atoms with E-state index in [9.17, 15) is 18.8 Å². The summed E-state index contributed by atoms with van der Waals surface area (Å²) in [6.07, 6.45) is 1.04. The molecule has 8 heteroatoms. The number of rotatable bonds is 14. The van der Waals surface area contributed by atoms with Crippen molar-refractivity contribution in [3.8, 4) is 5.75 Å². The number of carbonyl (C=O) groups is 3. The first-order valence-corrected chi connectivity index (χ1v) is 13.7. The number of hydrogen-bond donors (Lipinski definition) is 2. The number of aryl methyl sites for hydroxylation is 1. The van der Waals surface area contributed by atoms with Crippen molar-refractivity contribution in [1.82, 2.24) is 5.32 Å². The average molecular weight is 569 g/mol. The second-order valence-electron chi connectivity index (χ2n) is 9.64. The van der Waals surface area contributed by atoms with Gasteiger partial charge in [-0.05, 0) is 53.9 Å². The maximum atomic E-state index is 13.3. The molecule has 1 amide bonds. The van der Waals surface area contributed by atoms with Crippen LogP contribution in [0.15, 0.2) is 103 Å². The number of benzene rings is 4. The van der Waals surface area contributed by atoms with Crippen LogP contribution in [-0.4, -0.2) is 44.0 Å². The van der Waals surface area contributed by atoms with Gasteiger partial charge in [0.05, 0.1) is 13.7 Å². The smallest absolute Gasteiger partial charge is 0.328 e. The molecular formula is C34H33FN2O5. The van der Waals surface area contributed by atoms with Crippen LogP contribution >= 0.6 is 0 Å². The van der Waals surface area contributed by atoms with Crippen molar-refractivity contribution in [2.75, 3.05) is 25.6 Å². The molecule has 0 bridgehead atoms. The average Bonchev–Trinajstić information content (AvgIpc) is 3.02. The van der Waals surface area contributed by atoms with E-state index in [2.05, 4.69) is 10.6 Å². The number of carbonyl (C=O) groups excluding carboxylic acids is 3. The molecule has 2 N–H and O–H groups in total. The van der Waals surface area contributed by atoms with E-state index < -0.39 is 12.0 Å². The summed E-state index contributed by atoms with van der Waals surface area (Å²) < 4.78 is 24.0. The van der Waals surface area contributed by atoms with Crippen LogP contribution in [0.1, 0.15) is 33.5 Å². The minimum absolute atomic E-state index is 0.133. The zero-order valence-electron chi connectivity index (χ0n) is 23.3. The Morgan fingerprint density at radius 1 is 0.833 bits per heavy atom. The number of methoxy groups -OCH3 is 1. The maximum Gasteiger partial charge on any atom is 0.328 e. The summed E-state index contributed by atoms with van der Waals surface area (Å²) in [4.78, 5) is 37.9. The third kappa shape index (κ3) is 8.76. The van der Waals surface area contributed by atoms with Crippen molar-refractivity contribution in [3.05, 3.63) is 131 Å². The molecule has 1 atom stereocenters. The van der Waals surface area contributed by atoms with E-state index in [0.29, 0.717) is 42.0 Å². The van der Waals surface area contributed by atoms with Crippen LogP contribution in [0.5, 0.6) is 5.75 Å². The lowest BCUT2D eigenvalue weighted by Gasteiger charge is -2.20. The first kappa shape index (κ1) is 30.0. The Kier molecular flexibility index (Phi) is 10.8. The van der Waals surface area contributed by atoms with E-state index in [-0.39, 0.29) is 30.5 Å². The zero-order chi connectivity index (χ0) is 29.7. The zero-order valence-corrected chi connectivity index (χ0v) is 23.3. The number of hydrogen-bond acceptors (Lipinski definition) is 6. The molecule has 4 aromatic rings. The van der Waals surface area contributed by atoms with E-state index in [1.807, 2.05) is 18.2 Å². The summed E-state index contributed by atoms with van der Waals surface area (Å²) in [6, 6.07) is 28.8. The quantitative estimate of drug-likeness (QED) is 0.121. The molecule has 0 saturated carbocycles. The minimum atomic E-state index is -0.728. The lowest BCUT2D eigenvalue weighted by atomic mass is 10.00. The standard InChI is InChI=1S/C34H33FN2O5/c1-41-34(40)31(37-30-13-6-5-12-29(30)33(39)26-9-3-2-4-10-26)23-25-14-17-28(18-15-25)42-21-20-36-32(38)19-16-24-8-7-11-27(35)22-24/h2-15,17-18,22,31,37H,16,19-21,23H2,1H3,(H,36,38)/t31-/m0/s1. The third-order valence-electron chi connectivity index (χ3n) is 6.61. The van der Waals surface area contributed by atoms with E-state index >= 15 is 0 Å². The third-order valence-corrected chi connectivity index (χ3v) is 6.61. The first-order valence-electron chi connectivity index (χ1n) is 13.7. The van der Waals surface area contributed by atoms with Gasteiger partial charge in [0.1, 0.15) is 24.2 Å². The lowest BCUT2D eigenvalue weighted by molar-refractivity contribution is -0.141. The molecular weight excluding hydrogens is 535 g/mol. The van der Waals surface area contributed by atoms with E-state index in [4.69, 9.17) is 9.47 Å². The highest BCUT2D eigenvalue weighted by Gasteiger charge is 2.22. The number of nitrogens with one attached hydrogen (secondary N) is 2. The van der Waals surface area contributed by atoms with Crippen molar-refractivity contribution in [1.29, 1.82) is 0 Å². The van der Waals surface area contributed by atoms with Gasteiger partial charge in [-0.3, -0.25) is 9.59 Å². The van der Waals surface area contributed by atoms with Crippen molar-refractivity contribution in [2.24, 2.45) is 0 Å². The van der Waals surface area contributed by atoms with Crippen LogP contribution in [0.25, 0.3) is 0 Å². The van der Waals surface area contributed by atoms with Gasteiger partial charge in [0.2, 0.25) is 5.91 Å². The van der Waals surface area contributed by atoms with Crippen LogP contribution in [0, 0.1) is 5.82 Å². The Bertz CT molecular complexity index is 1490. The van der Waals surface area contributed by atoms with Gasteiger partial charge in [-0.25, -0.2) is 9.18 Å². The van der Waals surface area contributed by atoms with Gasteiger partial charge in [-0.2, -0.15) is 0 Å². The summed E-state index contributed by atoms with van der Waals surface area (Å²) in [7, 11) is 1.33. The van der Waals surface area contributed by atoms with E-state index in [0.717, 1.165) is 11.1 Å².